The highest BCUT2D eigenvalue weighted by atomic mass is 16.5. The van der Waals surface area contributed by atoms with Gasteiger partial charge in [-0.2, -0.15) is 4.98 Å². The lowest BCUT2D eigenvalue weighted by Gasteiger charge is -2.16. The third-order valence-corrected chi connectivity index (χ3v) is 4.11. The van der Waals surface area contributed by atoms with Crippen molar-refractivity contribution in [1.82, 2.24) is 10.1 Å². The Morgan fingerprint density at radius 2 is 2.21 bits per heavy atom. The first kappa shape index (κ1) is 12.4. The number of hydrogen-bond acceptors (Lipinski definition) is 4. The van der Waals surface area contributed by atoms with Gasteiger partial charge < -0.3 is 10.3 Å². The summed E-state index contributed by atoms with van der Waals surface area (Å²) < 4.78 is 5.36. The van der Waals surface area contributed by atoms with Crippen LogP contribution in [0.2, 0.25) is 0 Å². The van der Waals surface area contributed by atoms with Crippen LogP contribution in [0.4, 0.5) is 0 Å². The van der Waals surface area contributed by atoms with Crippen molar-refractivity contribution in [2.45, 2.75) is 44.6 Å². The summed E-state index contributed by atoms with van der Waals surface area (Å²) in [5.74, 6) is 1.56. The Hall–Kier alpha value is -1.68. The summed E-state index contributed by atoms with van der Waals surface area (Å²) in [5.41, 5.74) is 8.33. The van der Waals surface area contributed by atoms with Gasteiger partial charge in [-0.05, 0) is 37.3 Å². The van der Waals surface area contributed by atoms with Crippen molar-refractivity contribution in [3.63, 3.8) is 0 Å². The molecule has 0 saturated carbocycles. The maximum Gasteiger partial charge on any atom is 0.246 e. The fourth-order valence-corrected chi connectivity index (χ4v) is 2.58. The van der Waals surface area contributed by atoms with Gasteiger partial charge in [-0.15, -0.1) is 0 Å². The molecule has 2 unspecified atom stereocenters. The monoisotopic (exact) mass is 257 g/mol. The predicted octanol–water partition coefficient (Wildman–Crippen LogP) is 2.73. The minimum atomic E-state index is -0.538. The summed E-state index contributed by atoms with van der Waals surface area (Å²) in [5, 5.41) is 4.15. The predicted molar refractivity (Wildman–Crippen MR) is 72.7 cm³/mol. The van der Waals surface area contributed by atoms with Crippen LogP contribution in [-0.4, -0.2) is 10.1 Å². The quantitative estimate of drug-likeness (QED) is 0.918. The highest BCUT2D eigenvalue weighted by molar-refractivity contribution is 5.38. The number of nitrogens with zero attached hydrogens (tertiary/aromatic N) is 2. The van der Waals surface area contributed by atoms with Gasteiger partial charge in [0.1, 0.15) is 0 Å². The molecule has 1 aliphatic rings. The van der Waals surface area contributed by atoms with Crippen molar-refractivity contribution in [3.05, 3.63) is 47.1 Å². The SMILES string of the molecule is CCC(C)(N)c1nc(C2CCc3ccccc32)no1. The number of hydrogen-bond donors (Lipinski definition) is 1. The lowest BCUT2D eigenvalue weighted by atomic mass is 9.99. The highest BCUT2D eigenvalue weighted by Crippen LogP contribution is 2.37. The minimum Gasteiger partial charge on any atom is -0.337 e. The van der Waals surface area contributed by atoms with Gasteiger partial charge in [0.25, 0.3) is 0 Å². The molecule has 0 radical (unpaired) electrons. The maximum atomic E-state index is 6.15. The number of aryl methyl sites for hydroxylation is 1. The van der Waals surface area contributed by atoms with E-state index >= 15 is 0 Å². The first-order valence-electron chi connectivity index (χ1n) is 6.82. The first-order valence-corrected chi connectivity index (χ1v) is 6.82. The van der Waals surface area contributed by atoms with E-state index in [1.165, 1.54) is 11.1 Å². The molecule has 3 rings (SSSR count). The zero-order chi connectivity index (χ0) is 13.5. The highest BCUT2D eigenvalue weighted by Gasteiger charge is 2.31. The molecular formula is C15H19N3O. The van der Waals surface area contributed by atoms with E-state index in [9.17, 15) is 0 Å². The van der Waals surface area contributed by atoms with Crippen LogP contribution < -0.4 is 5.73 Å². The number of nitrogens with two attached hydrogens (primary N) is 1. The maximum absolute atomic E-state index is 6.15. The van der Waals surface area contributed by atoms with E-state index in [4.69, 9.17) is 10.3 Å². The average molecular weight is 257 g/mol. The molecule has 0 bridgehead atoms. The molecule has 100 valence electrons. The van der Waals surface area contributed by atoms with E-state index in [0.29, 0.717) is 5.89 Å². The van der Waals surface area contributed by atoms with E-state index in [1.807, 2.05) is 13.8 Å². The molecule has 4 heteroatoms. The molecule has 0 spiro atoms. The van der Waals surface area contributed by atoms with E-state index in [1.54, 1.807) is 0 Å². The van der Waals surface area contributed by atoms with E-state index in [2.05, 4.69) is 34.4 Å². The molecule has 1 aliphatic carbocycles. The first-order chi connectivity index (χ1) is 9.12. The number of fused-ring (bicyclic) bond motifs is 1. The number of aromatic nitrogens is 2. The summed E-state index contributed by atoms with van der Waals surface area (Å²) in [4.78, 5) is 4.53. The van der Waals surface area contributed by atoms with Crippen LogP contribution in [0.25, 0.3) is 0 Å². The Morgan fingerprint density at radius 1 is 1.42 bits per heavy atom. The third kappa shape index (κ3) is 2.06. The van der Waals surface area contributed by atoms with Crippen molar-refractivity contribution in [2.75, 3.05) is 0 Å². The Labute approximate surface area is 113 Å². The Balaban J connectivity index is 1.93. The Kier molecular flexibility index (Phi) is 2.90. The standard InChI is InChI=1S/C15H19N3O/c1-3-15(2,16)14-17-13(18-19-14)12-9-8-10-6-4-5-7-11(10)12/h4-7,12H,3,8-9,16H2,1-2H3. The second-order valence-electron chi connectivity index (χ2n) is 5.52. The second-order valence-corrected chi connectivity index (χ2v) is 5.52. The van der Waals surface area contributed by atoms with Crippen LogP contribution in [0.1, 0.15) is 55.4 Å². The van der Waals surface area contributed by atoms with Gasteiger partial charge in [-0.3, -0.25) is 0 Å². The van der Waals surface area contributed by atoms with Crippen molar-refractivity contribution in [3.8, 4) is 0 Å². The van der Waals surface area contributed by atoms with E-state index in [0.717, 1.165) is 25.1 Å². The molecule has 2 aromatic rings. The van der Waals surface area contributed by atoms with Crippen LogP contribution in [0.5, 0.6) is 0 Å². The van der Waals surface area contributed by atoms with Gasteiger partial charge in [0.2, 0.25) is 5.89 Å². The summed E-state index contributed by atoms with van der Waals surface area (Å²) in [7, 11) is 0. The topological polar surface area (TPSA) is 64.9 Å². The molecule has 1 heterocycles. The molecule has 0 aliphatic heterocycles. The molecule has 0 amide bonds. The van der Waals surface area contributed by atoms with Crippen LogP contribution in [0, 0.1) is 0 Å². The molecule has 0 saturated heterocycles. The zero-order valence-corrected chi connectivity index (χ0v) is 11.4. The number of benzene rings is 1. The summed E-state index contributed by atoms with van der Waals surface area (Å²) in [6, 6.07) is 8.48. The third-order valence-electron chi connectivity index (χ3n) is 4.11. The van der Waals surface area contributed by atoms with Gasteiger partial charge in [0.15, 0.2) is 5.82 Å². The lowest BCUT2D eigenvalue weighted by Crippen LogP contribution is -2.32. The van der Waals surface area contributed by atoms with Gasteiger partial charge in [0, 0.05) is 5.92 Å². The normalized spacial score (nSPS) is 21.1. The smallest absolute Gasteiger partial charge is 0.246 e. The molecule has 2 N–H and O–H groups in total. The fourth-order valence-electron chi connectivity index (χ4n) is 2.58. The molecule has 2 atom stereocenters. The molecule has 4 nitrogen and oxygen atoms in total. The van der Waals surface area contributed by atoms with Crippen LogP contribution in [0.15, 0.2) is 28.8 Å². The fraction of sp³-hybridized carbons (Fsp3) is 0.467. The van der Waals surface area contributed by atoms with E-state index in [-0.39, 0.29) is 5.92 Å². The Morgan fingerprint density at radius 3 is 3.00 bits per heavy atom. The van der Waals surface area contributed by atoms with Gasteiger partial charge >= 0.3 is 0 Å². The number of rotatable bonds is 3. The van der Waals surface area contributed by atoms with Crippen LogP contribution in [-0.2, 0) is 12.0 Å². The lowest BCUT2D eigenvalue weighted by molar-refractivity contribution is 0.289. The molecule has 0 fully saturated rings. The van der Waals surface area contributed by atoms with E-state index < -0.39 is 5.54 Å². The van der Waals surface area contributed by atoms with Gasteiger partial charge in [-0.25, -0.2) is 0 Å². The molecular weight excluding hydrogens is 238 g/mol. The summed E-state index contributed by atoms with van der Waals surface area (Å²) in [6.07, 6.45) is 2.90. The average Bonchev–Trinajstić information content (AvgIpc) is 3.05. The second kappa shape index (κ2) is 4.46. The van der Waals surface area contributed by atoms with Crippen molar-refractivity contribution in [2.24, 2.45) is 5.73 Å². The summed E-state index contributed by atoms with van der Waals surface area (Å²) in [6.45, 7) is 3.95. The summed E-state index contributed by atoms with van der Waals surface area (Å²) >= 11 is 0. The van der Waals surface area contributed by atoms with Gasteiger partial charge in [0.05, 0.1) is 5.54 Å². The zero-order valence-electron chi connectivity index (χ0n) is 11.4. The molecule has 1 aromatic heterocycles. The van der Waals surface area contributed by atoms with Crippen LogP contribution in [0.3, 0.4) is 0 Å². The van der Waals surface area contributed by atoms with Crippen molar-refractivity contribution < 1.29 is 4.52 Å². The minimum absolute atomic E-state index is 0.251. The van der Waals surface area contributed by atoms with Crippen molar-refractivity contribution in [1.29, 1.82) is 0 Å². The van der Waals surface area contributed by atoms with Crippen LogP contribution >= 0.6 is 0 Å². The van der Waals surface area contributed by atoms with Crippen molar-refractivity contribution >= 4 is 0 Å². The molecule has 19 heavy (non-hydrogen) atoms. The largest absolute Gasteiger partial charge is 0.337 e. The Bertz CT molecular complexity index is 589. The van der Waals surface area contributed by atoms with Gasteiger partial charge in [-0.1, -0.05) is 36.3 Å². The molecule has 1 aromatic carbocycles.